The Kier molecular flexibility index (Phi) is 3.53. The number of likely N-dealkylation sites (tertiary alicyclic amines) is 1. The third-order valence-electron chi connectivity index (χ3n) is 2.61. The molecule has 1 fully saturated rings. The van der Waals surface area contributed by atoms with Crippen LogP contribution in [0.3, 0.4) is 0 Å². The molecule has 2 nitrogen and oxygen atoms in total. The highest BCUT2D eigenvalue weighted by Crippen LogP contribution is 2.20. The Balaban J connectivity index is 2.35. The molecular weight excluding hydrogens is 150 g/mol. The smallest absolute Gasteiger partial charge is 0.0705 e. The van der Waals surface area contributed by atoms with Gasteiger partial charge in [0, 0.05) is 6.04 Å². The molecule has 1 rings (SSSR count). The number of hydrogen-bond donors (Lipinski definition) is 0. The Hall–Kier alpha value is -0.0800. The zero-order valence-electron chi connectivity index (χ0n) is 8.71. The van der Waals surface area contributed by atoms with Gasteiger partial charge in [0.2, 0.25) is 0 Å². The summed E-state index contributed by atoms with van der Waals surface area (Å²) in [6, 6.07) is 0.646. The van der Waals surface area contributed by atoms with E-state index in [9.17, 15) is 0 Å². The van der Waals surface area contributed by atoms with Crippen LogP contribution in [0.25, 0.3) is 0 Å². The van der Waals surface area contributed by atoms with Crippen LogP contribution in [-0.4, -0.2) is 36.7 Å². The van der Waals surface area contributed by atoms with Crippen molar-refractivity contribution in [2.24, 2.45) is 0 Å². The van der Waals surface area contributed by atoms with Crippen molar-refractivity contribution in [3.63, 3.8) is 0 Å². The summed E-state index contributed by atoms with van der Waals surface area (Å²) in [5, 5.41) is 0. The van der Waals surface area contributed by atoms with Crippen molar-refractivity contribution in [1.29, 1.82) is 0 Å². The summed E-state index contributed by atoms with van der Waals surface area (Å²) in [6.07, 6.45) is 3.36. The van der Waals surface area contributed by atoms with Gasteiger partial charge in [-0.3, -0.25) is 0 Å². The molecule has 0 spiro atoms. The Labute approximate surface area is 75.9 Å². The fourth-order valence-corrected chi connectivity index (χ4v) is 2.05. The van der Waals surface area contributed by atoms with Crippen molar-refractivity contribution in [2.45, 2.75) is 51.9 Å². The topological polar surface area (TPSA) is 12.5 Å². The molecule has 1 heterocycles. The van der Waals surface area contributed by atoms with E-state index in [-0.39, 0.29) is 0 Å². The summed E-state index contributed by atoms with van der Waals surface area (Å²) in [4.78, 5) is 2.41. The van der Waals surface area contributed by atoms with Gasteiger partial charge in [0.25, 0.3) is 0 Å². The van der Waals surface area contributed by atoms with Crippen molar-refractivity contribution in [2.75, 3.05) is 13.6 Å². The van der Waals surface area contributed by atoms with Crippen molar-refractivity contribution in [3.05, 3.63) is 0 Å². The van der Waals surface area contributed by atoms with Crippen LogP contribution in [0, 0.1) is 0 Å². The average Bonchev–Trinajstić information content (AvgIpc) is 2.33. The van der Waals surface area contributed by atoms with Crippen LogP contribution in [0.4, 0.5) is 0 Å². The molecule has 1 aliphatic heterocycles. The summed E-state index contributed by atoms with van der Waals surface area (Å²) >= 11 is 0. The number of hydrogen-bond acceptors (Lipinski definition) is 2. The quantitative estimate of drug-likeness (QED) is 0.643. The lowest BCUT2D eigenvalue weighted by molar-refractivity contribution is -0.0201. The molecule has 0 aromatic carbocycles. The average molecular weight is 171 g/mol. The zero-order valence-corrected chi connectivity index (χ0v) is 8.71. The van der Waals surface area contributed by atoms with E-state index < -0.39 is 0 Å². The maximum absolute atomic E-state index is 5.76. The molecule has 12 heavy (non-hydrogen) atoms. The van der Waals surface area contributed by atoms with E-state index in [0.29, 0.717) is 18.2 Å². The first-order valence-corrected chi connectivity index (χ1v) is 4.97. The number of likely N-dealkylation sites (N-methyl/N-ethyl adjacent to an activating group) is 1. The second-order valence-electron chi connectivity index (χ2n) is 4.08. The molecule has 2 heteroatoms. The fourth-order valence-electron chi connectivity index (χ4n) is 2.05. The molecule has 0 saturated carbocycles. The maximum atomic E-state index is 5.76. The second kappa shape index (κ2) is 4.24. The van der Waals surface area contributed by atoms with E-state index in [2.05, 4.69) is 32.7 Å². The van der Waals surface area contributed by atoms with Gasteiger partial charge in [0.1, 0.15) is 0 Å². The summed E-state index contributed by atoms with van der Waals surface area (Å²) < 4.78 is 5.76. The normalized spacial score (nSPS) is 28.2. The second-order valence-corrected chi connectivity index (χ2v) is 4.08. The molecular formula is C10H21NO. The first-order valence-electron chi connectivity index (χ1n) is 4.97. The van der Waals surface area contributed by atoms with E-state index in [4.69, 9.17) is 4.74 Å². The van der Waals surface area contributed by atoms with E-state index in [1.807, 2.05) is 0 Å². The van der Waals surface area contributed by atoms with Gasteiger partial charge in [-0.15, -0.1) is 0 Å². The van der Waals surface area contributed by atoms with Crippen molar-refractivity contribution >= 4 is 0 Å². The molecule has 0 bridgehead atoms. The first-order chi connectivity index (χ1) is 5.61. The Morgan fingerprint density at radius 2 is 2.00 bits per heavy atom. The summed E-state index contributed by atoms with van der Waals surface area (Å²) in [5.74, 6) is 0. The molecule has 1 aliphatic rings. The van der Waals surface area contributed by atoms with Gasteiger partial charge in [-0.25, -0.2) is 0 Å². The van der Waals surface area contributed by atoms with E-state index in [1.165, 1.54) is 19.4 Å². The van der Waals surface area contributed by atoms with Crippen LogP contribution in [-0.2, 0) is 4.74 Å². The molecule has 0 amide bonds. The summed E-state index contributed by atoms with van der Waals surface area (Å²) in [6.45, 7) is 7.62. The highest BCUT2D eigenvalue weighted by atomic mass is 16.5. The largest absolute Gasteiger partial charge is 0.374 e. The van der Waals surface area contributed by atoms with Crippen molar-refractivity contribution < 1.29 is 4.74 Å². The van der Waals surface area contributed by atoms with Gasteiger partial charge in [-0.1, -0.05) is 0 Å². The number of rotatable bonds is 3. The summed E-state index contributed by atoms with van der Waals surface area (Å²) in [5.41, 5.74) is 0. The lowest BCUT2D eigenvalue weighted by atomic mass is 10.1. The minimum absolute atomic E-state index is 0.356. The minimum atomic E-state index is 0.356. The molecule has 0 N–H and O–H groups in total. The van der Waals surface area contributed by atoms with Gasteiger partial charge >= 0.3 is 0 Å². The lowest BCUT2D eigenvalue weighted by Crippen LogP contribution is -2.37. The van der Waals surface area contributed by atoms with E-state index in [1.54, 1.807) is 0 Å². The molecule has 0 aromatic rings. The molecule has 2 atom stereocenters. The number of ether oxygens (including phenoxy) is 1. The van der Waals surface area contributed by atoms with Crippen LogP contribution in [0.2, 0.25) is 0 Å². The van der Waals surface area contributed by atoms with Crippen molar-refractivity contribution in [3.8, 4) is 0 Å². The lowest BCUT2D eigenvalue weighted by Gasteiger charge is -2.27. The highest BCUT2D eigenvalue weighted by Gasteiger charge is 2.27. The Morgan fingerprint density at radius 3 is 2.42 bits per heavy atom. The Morgan fingerprint density at radius 1 is 1.33 bits per heavy atom. The van der Waals surface area contributed by atoms with Gasteiger partial charge in [0.15, 0.2) is 0 Å². The fraction of sp³-hybridized carbons (Fsp3) is 1.00. The van der Waals surface area contributed by atoms with Crippen molar-refractivity contribution in [1.82, 2.24) is 4.90 Å². The van der Waals surface area contributed by atoms with Crippen LogP contribution < -0.4 is 0 Å². The standard InChI is InChI=1S/C10H21NO/c1-8(2)12-9(3)10-6-5-7-11(10)4/h8-10H,5-7H2,1-4H3. The van der Waals surface area contributed by atoms with E-state index in [0.717, 1.165) is 0 Å². The third kappa shape index (κ3) is 2.46. The van der Waals surface area contributed by atoms with Crippen LogP contribution in [0.5, 0.6) is 0 Å². The monoisotopic (exact) mass is 171 g/mol. The van der Waals surface area contributed by atoms with Crippen LogP contribution in [0.15, 0.2) is 0 Å². The third-order valence-corrected chi connectivity index (χ3v) is 2.61. The Bertz CT molecular complexity index is 136. The van der Waals surface area contributed by atoms with E-state index >= 15 is 0 Å². The SMILES string of the molecule is CC(C)OC(C)C1CCCN1C. The predicted octanol–water partition coefficient (Wildman–Crippen LogP) is 1.89. The minimum Gasteiger partial charge on any atom is -0.374 e. The molecule has 0 radical (unpaired) electrons. The zero-order chi connectivity index (χ0) is 9.14. The molecule has 0 aromatic heterocycles. The van der Waals surface area contributed by atoms with Gasteiger partial charge in [0.05, 0.1) is 12.2 Å². The van der Waals surface area contributed by atoms with Gasteiger partial charge < -0.3 is 9.64 Å². The highest BCUT2D eigenvalue weighted by molar-refractivity contribution is 4.81. The van der Waals surface area contributed by atoms with Gasteiger partial charge in [-0.2, -0.15) is 0 Å². The molecule has 1 saturated heterocycles. The van der Waals surface area contributed by atoms with Gasteiger partial charge in [-0.05, 0) is 47.2 Å². The number of nitrogens with zero attached hydrogens (tertiary/aromatic N) is 1. The molecule has 0 aliphatic carbocycles. The summed E-state index contributed by atoms with van der Waals surface area (Å²) in [7, 11) is 2.19. The first kappa shape index (κ1) is 10.0. The van der Waals surface area contributed by atoms with Crippen LogP contribution in [0.1, 0.15) is 33.6 Å². The predicted molar refractivity (Wildman–Crippen MR) is 51.3 cm³/mol. The molecule has 2 unspecified atom stereocenters. The van der Waals surface area contributed by atoms with Crippen LogP contribution >= 0.6 is 0 Å². The maximum Gasteiger partial charge on any atom is 0.0705 e. The molecule has 72 valence electrons.